The summed E-state index contributed by atoms with van der Waals surface area (Å²) in [7, 11) is -3.65. The van der Waals surface area contributed by atoms with Gasteiger partial charge in [-0.15, -0.1) is 11.3 Å². The molecule has 2 heterocycles. The maximum absolute atomic E-state index is 12.1. The first kappa shape index (κ1) is 13.5. The van der Waals surface area contributed by atoms with Crippen molar-refractivity contribution in [1.29, 1.82) is 0 Å². The molecule has 5 nitrogen and oxygen atoms in total. The van der Waals surface area contributed by atoms with E-state index in [1.165, 1.54) is 11.3 Å². The lowest BCUT2D eigenvalue weighted by molar-refractivity contribution is 0.570. The zero-order valence-corrected chi connectivity index (χ0v) is 12.2. The summed E-state index contributed by atoms with van der Waals surface area (Å²) in [5.74, 6) is 0. The molecule has 0 saturated heterocycles. The predicted octanol–water partition coefficient (Wildman–Crippen LogP) is 1.85. The average molecular weight is 304 g/mol. The highest BCUT2D eigenvalue weighted by Crippen LogP contribution is 2.22. The zero-order chi connectivity index (χ0) is 13.3. The molecule has 2 rings (SSSR count). The fourth-order valence-corrected chi connectivity index (χ4v) is 4.88. The van der Waals surface area contributed by atoms with E-state index in [4.69, 9.17) is 0 Å². The van der Waals surface area contributed by atoms with E-state index in [2.05, 4.69) is 9.71 Å². The largest absolute Gasteiger partial charge is 0.315 e. The van der Waals surface area contributed by atoms with Gasteiger partial charge < -0.3 is 4.98 Å². The van der Waals surface area contributed by atoms with Crippen LogP contribution in [0.1, 0.15) is 23.5 Å². The van der Waals surface area contributed by atoms with Crippen LogP contribution in [0.15, 0.2) is 26.5 Å². The molecule has 0 radical (unpaired) electrons. The highest BCUT2D eigenvalue weighted by atomic mass is 32.2. The molecule has 98 valence electrons. The van der Waals surface area contributed by atoms with Crippen molar-refractivity contribution in [3.63, 3.8) is 0 Å². The van der Waals surface area contributed by atoms with Crippen LogP contribution in [0.3, 0.4) is 0 Å². The van der Waals surface area contributed by atoms with Crippen molar-refractivity contribution in [2.24, 2.45) is 0 Å². The normalized spacial score (nSPS) is 13.7. The molecule has 0 aromatic carbocycles. The number of thiazole rings is 1. The van der Waals surface area contributed by atoms with Gasteiger partial charge in [-0.25, -0.2) is 13.1 Å². The molecule has 0 fully saturated rings. The van der Waals surface area contributed by atoms with E-state index >= 15 is 0 Å². The first-order chi connectivity index (χ1) is 8.40. The van der Waals surface area contributed by atoms with Crippen molar-refractivity contribution in [1.82, 2.24) is 9.71 Å². The summed E-state index contributed by atoms with van der Waals surface area (Å²) in [5.41, 5.74) is 0.371. The van der Waals surface area contributed by atoms with Crippen molar-refractivity contribution in [2.45, 2.75) is 24.1 Å². The van der Waals surface area contributed by atoms with Crippen LogP contribution in [0.4, 0.5) is 0 Å². The Hall–Kier alpha value is -0.960. The predicted molar refractivity (Wildman–Crippen MR) is 72.7 cm³/mol. The molecule has 0 spiro atoms. The summed E-state index contributed by atoms with van der Waals surface area (Å²) >= 11 is 2.19. The van der Waals surface area contributed by atoms with Gasteiger partial charge in [-0.1, -0.05) is 17.4 Å². The lowest BCUT2D eigenvalue weighted by atomic mass is 10.3. The highest BCUT2D eigenvalue weighted by Gasteiger charge is 2.23. The molecular weight excluding hydrogens is 292 g/mol. The quantitative estimate of drug-likeness (QED) is 0.904. The number of H-pyrrole nitrogens is 1. The maximum Gasteiger partial charge on any atom is 0.305 e. The fourth-order valence-electron chi connectivity index (χ4n) is 1.53. The average Bonchev–Trinajstić information content (AvgIpc) is 2.86. The van der Waals surface area contributed by atoms with Crippen molar-refractivity contribution in [2.75, 3.05) is 0 Å². The third-order valence-electron chi connectivity index (χ3n) is 2.33. The molecule has 0 saturated carbocycles. The van der Waals surface area contributed by atoms with E-state index in [0.717, 1.165) is 4.88 Å². The van der Waals surface area contributed by atoms with Crippen molar-refractivity contribution >= 4 is 32.7 Å². The third-order valence-corrected chi connectivity index (χ3v) is 6.53. The molecule has 0 aliphatic rings. The third kappa shape index (κ3) is 2.72. The summed E-state index contributed by atoms with van der Waals surface area (Å²) in [5, 5.41) is 1.89. The van der Waals surface area contributed by atoms with Gasteiger partial charge in [-0.05, 0) is 25.3 Å². The zero-order valence-electron chi connectivity index (χ0n) is 9.76. The Bertz CT molecular complexity index is 682. The number of thiophene rings is 1. The molecule has 1 atom stereocenters. The topological polar surface area (TPSA) is 79.0 Å². The molecule has 2 aromatic rings. The smallest absolute Gasteiger partial charge is 0.305 e. The van der Waals surface area contributed by atoms with Crippen LogP contribution in [0.5, 0.6) is 0 Å². The Morgan fingerprint density at radius 3 is 2.67 bits per heavy atom. The number of nitrogens with one attached hydrogen (secondary N) is 2. The van der Waals surface area contributed by atoms with Crippen molar-refractivity contribution in [3.05, 3.63) is 37.8 Å². The van der Waals surface area contributed by atoms with Crippen LogP contribution >= 0.6 is 22.7 Å². The number of aromatic amines is 1. The number of aryl methyl sites for hydroxylation is 1. The summed E-state index contributed by atoms with van der Waals surface area (Å²) < 4.78 is 26.8. The van der Waals surface area contributed by atoms with Crippen LogP contribution in [-0.2, 0) is 10.0 Å². The van der Waals surface area contributed by atoms with Gasteiger partial charge in [0, 0.05) is 10.6 Å². The number of rotatable bonds is 4. The highest BCUT2D eigenvalue weighted by molar-refractivity contribution is 7.91. The van der Waals surface area contributed by atoms with Gasteiger partial charge in [0.2, 0.25) is 0 Å². The molecule has 0 amide bonds. The van der Waals surface area contributed by atoms with Gasteiger partial charge in [0.1, 0.15) is 0 Å². The lowest BCUT2D eigenvalue weighted by Crippen LogP contribution is -2.26. The summed E-state index contributed by atoms with van der Waals surface area (Å²) in [6.45, 7) is 3.34. The SMILES string of the molecule is Cc1[nH]c(=O)sc1S(=O)(=O)NC(C)c1cccs1. The summed E-state index contributed by atoms with van der Waals surface area (Å²) in [6, 6.07) is 3.42. The first-order valence-electron chi connectivity index (χ1n) is 5.15. The lowest BCUT2D eigenvalue weighted by Gasteiger charge is -2.11. The van der Waals surface area contributed by atoms with E-state index in [9.17, 15) is 13.2 Å². The van der Waals surface area contributed by atoms with Crippen molar-refractivity contribution in [3.8, 4) is 0 Å². The Balaban J connectivity index is 2.28. The summed E-state index contributed by atoms with van der Waals surface area (Å²) in [6.07, 6.45) is 0. The van der Waals surface area contributed by atoms with E-state index in [1.54, 1.807) is 13.8 Å². The standard InChI is InChI=1S/C10H12N2O3S3/c1-6(8-4-3-5-16-8)12-18(14,15)9-7(2)11-10(13)17-9/h3-6,12H,1-2H3,(H,11,13). The molecule has 2 aromatic heterocycles. The molecular formula is C10H12N2O3S3. The molecule has 0 aliphatic heterocycles. The Morgan fingerprint density at radius 2 is 2.17 bits per heavy atom. The van der Waals surface area contributed by atoms with E-state index in [0.29, 0.717) is 17.0 Å². The van der Waals surface area contributed by atoms with Crippen LogP contribution in [0.25, 0.3) is 0 Å². The minimum absolute atomic E-state index is 0.0518. The van der Waals surface area contributed by atoms with Crippen LogP contribution < -0.4 is 9.60 Å². The van der Waals surface area contributed by atoms with Crippen molar-refractivity contribution < 1.29 is 8.42 Å². The van der Waals surface area contributed by atoms with Gasteiger partial charge in [0.05, 0.1) is 6.04 Å². The van der Waals surface area contributed by atoms with Crippen LogP contribution in [0.2, 0.25) is 0 Å². The van der Waals surface area contributed by atoms with E-state index in [1.807, 2.05) is 17.5 Å². The van der Waals surface area contributed by atoms with Gasteiger partial charge in [0.25, 0.3) is 10.0 Å². The second-order valence-electron chi connectivity index (χ2n) is 3.79. The molecule has 18 heavy (non-hydrogen) atoms. The molecule has 2 N–H and O–H groups in total. The Kier molecular flexibility index (Phi) is 3.71. The Morgan fingerprint density at radius 1 is 1.44 bits per heavy atom. The molecule has 0 aliphatic carbocycles. The monoisotopic (exact) mass is 304 g/mol. The van der Waals surface area contributed by atoms with Gasteiger partial charge in [-0.3, -0.25) is 4.79 Å². The number of sulfonamides is 1. The molecule has 8 heteroatoms. The Labute approximate surface area is 113 Å². The van der Waals surface area contributed by atoms with Crippen LogP contribution in [0, 0.1) is 6.92 Å². The number of hydrogen-bond donors (Lipinski definition) is 2. The minimum Gasteiger partial charge on any atom is -0.315 e. The van der Waals surface area contributed by atoms with Gasteiger partial charge >= 0.3 is 4.87 Å². The summed E-state index contributed by atoms with van der Waals surface area (Å²) in [4.78, 5) is 14.2. The van der Waals surface area contributed by atoms with Gasteiger partial charge in [0.15, 0.2) is 4.21 Å². The van der Waals surface area contributed by atoms with E-state index in [-0.39, 0.29) is 15.1 Å². The molecule has 1 unspecified atom stereocenters. The second kappa shape index (κ2) is 4.96. The maximum atomic E-state index is 12.1. The number of aromatic nitrogens is 1. The first-order valence-corrected chi connectivity index (χ1v) is 8.33. The molecule has 0 bridgehead atoms. The second-order valence-corrected chi connectivity index (χ2v) is 7.66. The van der Waals surface area contributed by atoms with E-state index < -0.39 is 10.0 Å². The minimum atomic E-state index is -3.65. The fraction of sp³-hybridized carbons (Fsp3) is 0.300. The van der Waals surface area contributed by atoms with Gasteiger partial charge in [-0.2, -0.15) is 0 Å². The number of hydrogen-bond acceptors (Lipinski definition) is 5. The van der Waals surface area contributed by atoms with Crippen LogP contribution in [-0.4, -0.2) is 13.4 Å².